The van der Waals surface area contributed by atoms with Crippen LogP contribution in [0, 0.1) is 0 Å². The van der Waals surface area contributed by atoms with E-state index in [-0.39, 0.29) is 31.0 Å². The van der Waals surface area contributed by atoms with Gasteiger partial charge in [0.1, 0.15) is 6.61 Å². The fourth-order valence-corrected chi connectivity index (χ4v) is 4.30. The van der Waals surface area contributed by atoms with Crippen molar-refractivity contribution in [3.05, 3.63) is 76.2 Å². The van der Waals surface area contributed by atoms with Gasteiger partial charge in [0.15, 0.2) is 0 Å². The van der Waals surface area contributed by atoms with Gasteiger partial charge in [-0.15, -0.1) is 0 Å². The first-order chi connectivity index (χ1) is 15.0. The van der Waals surface area contributed by atoms with Crippen molar-refractivity contribution in [2.24, 2.45) is 0 Å². The summed E-state index contributed by atoms with van der Waals surface area (Å²) in [5.74, 6) is -0.844. The van der Waals surface area contributed by atoms with E-state index in [0.717, 1.165) is 18.4 Å². The van der Waals surface area contributed by atoms with Crippen molar-refractivity contribution in [3.63, 3.8) is 0 Å². The van der Waals surface area contributed by atoms with E-state index in [1.54, 1.807) is 29.3 Å². The Bertz CT molecular complexity index is 969. The van der Waals surface area contributed by atoms with Crippen LogP contribution in [0.4, 0.5) is 0 Å². The Kier molecular flexibility index (Phi) is 6.68. The van der Waals surface area contributed by atoms with Crippen molar-refractivity contribution in [3.8, 4) is 0 Å². The second-order valence-electron chi connectivity index (χ2n) is 7.84. The maximum Gasteiger partial charge on any atom is 0.336 e. The Morgan fingerprint density at radius 3 is 2.74 bits per heavy atom. The van der Waals surface area contributed by atoms with Crippen LogP contribution in [0.2, 0.25) is 5.02 Å². The number of amides is 1. The summed E-state index contributed by atoms with van der Waals surface area (Å²) in [7, 11) is 0. The van der Waals surface area contributed by atoms with Gasteiger partial charge in [0.25, 0.3) is 0 Å². The number of rotatable bonds is 6. The number of pyridine rings is 1. The monoisotopic (exact) mass is 440 g/mol. The number of carbonyl (C=O) groups excluding carboxylic acids is 2. The van der Waals surface area contributed by atoms with Crippen molar-refractivity contribution >= 4 is 23.5 Å². The van der Waals surface area contributed by atoms with Crippen molar-refractivity contribution in [2.45, 2.75) is 44.8 Å². The van der Waals surface area contributed by atoms with Crippen LogP contribution < -0.4 is 0 Å². The highest BCUT2D eigenvalue weighted by molar-refractivity contribution is 6.30. The van der Waals surface area contributed by atoms with E-state index in [9.17, 15) is 9.59 Å². The number of benzene rings is 1. The van der Waals surface area contributed by atoms with Crippen LogP contribution in [0.25, 0.3) is 0 Å². The number of nitrogens with zero attached hydrogens (tertiary/aromatic N) is 2. The van der Waals surface area contributed by atoms with E-state index < -0.39 is 5.97 Å². The van der Waals surface area contributed by atoms with Crippen molar-refractivity contribution in [2.75, 3.05) is 13.2 Å². The highest BCUT2D eigenvalue weighted by Crippen LogP contribution is 2.38. The Hall–Kier alpha value is -2.70. The largest absolute Gasteiger partial charge is 0.456 e. The van der Waals surface area contributed by atoms with Gasteiger partial charge in [-0.2, -0.15) is 0 Å². The Morgan fingerprint density at radius 1 is 1.26 bits per heavy atom. The summed E-state index contributed by atoms with van der Waals surface area (Å²) in [5, 5.41) is 0.603. The molecule has 2 aliphatic rings. The molecule has 1 fully saturated rings. The van der Waals surface area contributed by atoms with E-state index in [1.807, 2.05) is 31.2 Å². The van der Waals surface area contributed by atoms with Crippen LogP contribution in [0.5, 0.6) is 0 Å². The van der Waals surface area contributed by atoms with Crippen molar-refractivity contribution < 1.29 is 19.1 Å². The molecule has 0 spiro atoms. The highest BCUT2D eigenvalue weighted by Gasteiger charge is 2.38. The van der Waals surface area contributed by atoms with Crippen LogP contribution in [-0.4, -0.2) is 41.0 Å². The van der Waals surface area contributed by atoms with Crippen LogP contribution in [-0.2, 0) is 25.7 Å². The number of allylic oxidation sites excluding steroid dienone is 1. The second kappa shape index (κ2) is 9.62. The smallest absolute Gasteiger partial charge is 0.336 e. The van der Waals surface area contributed by atoms with E-state index in [1.165, 1.54) is 0 Å². The molecular formula is C24H25ClN2O4. The molecule has 0 saturated carbocycles. The number of esters is 1. The van der Waals surface area contributed by atoms with Gasteiger partial charge in [0.05, 0.1) is 23.9 Å². The summed E-state index contributed by atoms with van der Waals surface area (Å²) in [6, 6.07) is 12.7. The summed E-state index contributed by atoms with van der Waals surface area (Å²) in [6.45, 7) is 3.05. The molecule has 7 heteroatoms. The molecule has 0 bridgehead atoms. The highest BCUT2D eigenvalue weighted by atomic mass is 35.5. The fraction of sp³-hybridized carbons (Fsp3) is 0.375. The van der Waals surface area contributed by atoms with Gasteiger partial charge >= 0.3 is 5.97 Å². The Labute approximate surface area is 186 Å². The quantitative estimate of drug-likeness (QED) is 0.628. The molecule has 31 heavy (non-hydrogen) atoms. The van der Waals surface area contributed by atoms with Crippen molar-refractivity contribution in [1.29, 1.82) is 0 Å². The molecule has 2 atom stereocenters. The zero-order valence-corrected chi connectivity index (χ0v) is 18.2. The number of carbonyl (C=O) groups is 2. The number of hydrogen-bond donors (Lipinski definition) is 0. The molecule has 1 aromatic carbocycles. The maximum atomic E-state index is 13.2. The average molecular weight is 441 g/mol. The average Bonchev–Trinajstić information content (AvgIpc) is 3.29. The van der Waals surface area contributed by atoms with Gasteiger partial charge in [-0.25, -0.2) is 4.79 Å². The van der Waals surface area contributed by atoms with Crippen molar-refractivity contribution in [1.82, 2.24) is 9.88 Å². The predicted octanol–water partition coefficient (Wildman–Crippen LogP) is 4.25. The topological polar surface area (TPSA) is 68.7 Å². The van der Waals surface area contributed by atoms with Gasteiger partial charge in [-0.3, -0.25) is 9.78 Å². The lowest BCUT2D eigenvalue weighted by molar-refractivity contribution is -0.142. The van der Waals surface area contributed by atoms with Crippen LogP contribution in [0.3, 0.4) is 0 Å². The van der Waals surface area contributed by atoms with Gasteiger partial charge in [0.2, 0.25) is 5.91 Å². The number of hydrogen-bond acceptors (Lipinski definition) is 5. The van der Waals surface area contributed by atoms with Gasteiger partial charge in [-0.05, 0) is 49.6 Å². The molecule has 0 radical (unpaired) electrons. The molecule has 0 aliphatic carbocycles. The summed E-state index contributed by atoms with van der Waals surface area (Å²) < 4.78 is 11.3. The zero-order chi connectivity index (χ0) is 21.8. The zero-order valence-electron chi connectivity index (χ0n) is 17.4. The lowest BCUT2D eigenvalue weighted by atomic mass is 9.83. The van der Waals surface area contributed by atoms with E-state index in [4.69, 9.17) is 21.1 Å². The molecule has 1 aromatic heterocycles. The maximum absolute atomic E-state index is 13.2. The third kappa shape index (κ3) is 4.97. The molecule has 2 aromatic rings. The van der Waals surface area contributed by atoms with E-state index >= 15 is 0 Å². The fourth-order valence-electron chi connectivity index (χ4n) is 4.17. The molecule has 3 heterocycles. The minimum atomic E-state index is -0.437. The molecule has 4 rings (SSSR count). The first-order valence-electron chi connectivity index (χ1n) is 10.5. The summed E-state index contributed by atoms with van der Waals surface area (Å²) in [4.78, 5) is 32.1. The molecule has 162 valence electrons. The van der Waals surface area contributed by atoms with Crippen LogP contribution in [0.1, 0.15) is 43.4 Å². The summed E-state index contributed by atoms with van der Waals surface area (Å²) in [5.41, 5.74) is 2.65. The van der Waals surface area contributed by atoms with E-state index in [2.05, 4.69) is 4.98 Å². The Balaban J connectivity index is 1.63. The standard InChI is InChI=1S/C24H25ClN2O4/c1-16-23(24(29)31-15-19-5-2-3-11-26-19)21(17-7-9-18(25)10-8-17)13-22(28)27(16)14-20-6-4-12-30-20/h2-3,5,7-11,20-21H,4,6,12-15H2,1H3/t20-,21+/m1/s1. The van der Waals surface area contributed by atoms with Crippen LogP contribution in [0.15, 0.2) is 59.9 Å². The SMILES string of the molecule is CC1=C(C(=O)OCc2ccccn2)[C@H](c2ccc(Cl)cc2)CC(=O)N1C[C@H]1CCCO1. The predicted molar refractivity (Wildman–Crippen MR) is 116 cm³/mol. The molecule has 6 nitrogen and oxygen atoms in total. The third-order valence-electron chi connectivity index (χ3n) is 5.80. The minimum Gasteiger partial charge on any atom is -0.456 e. The molecule has 0 N–H and O–H groups in total. The third-order valence-corrected chi connectivity index (χ3v) is 6.05. The lowest BCUT2D eigenvalue weighted by Gasteiger charge is -2.35. The first kappa shape index (κ1) is 21.5. The van der Waals surface area contributed by atoms with Gasteiger partial charge in [-0.1, -0.05) is 29.8 Å². The molecule has 0 unspecified atom stereocenters. The number of halogens is 1. The van der Waals surface area contributed by atoms with Gasteiger partial charge < -0.3 is 14.4 Å². The van der Waals surface area contributed by atoms with E-state index in [0.29, 0.717) is 35.1 Å². The minimum absolute atomic E-state index is 0.00299. The van der Waals surface area contributed by atoms with Gasteiger partial charge in [0, 0.05) is 35.9 Å². The first-order valence-corrected chi connectivity index (χ1v) is 10.9. The Morgan fingerprint density at radius 2 is 2.06 bits per heavy atom. The second-order valence-corrected chi connectivity index (χ2v) is 8.28. The number of ether oxygens (including phenoxy) is 2. The van der Waals surface area contributed by atoms with Crippen LogP contribution >= 0.6 is 11.6 Å². The molecular weight excluding hydrogens is 416 g/mol. The number of aromatic nitrogens is 1. The molecule has 1 amide bonds. The summed E-state index contributed by atoms with van der Waals surface area (Å²) in [6.07, 6.45) is 3.75. The lowest BCUT2D eigenvalue weighted by Crippen LogP contribution is -2.42. The summed E-state index contributed by atoms with van der Waals surface area (Å²) >= 11 is 6.04. The molecule has 1 saturated heterocycles. The normalized spacial score (nSPS) is 21.5. The molecule has 2 aliphatic heterocycles.